The van der Waals surface area contributed by atoms with Crippen molar-refractivity contribution in [3.8, 4) is 5.75 Å². The third kappa shape index (κ3) is 6.52. The van der Waals surface area contributed by atoms with Crippen molar-refractivity contribution in [2.75, 3.05) is 11.5 Å². The van der Waals surface area contributed by atoms with Gasteiger partial charge in [-0.05, 0) is 47.5 Å². The summed E-state index contributed by atoms with van der Waals surface area (Å²) in [4.78, 5) is 11.8. The molecular formula is C18H16ClN5O2S2. The predicted octanol–water partition coefficient (Wildman–Crippen LogP) is 3.60. The van der Waals surface area contributed by atoms with Crippen LogP contribution in [0.5, 0.6) is 5.75 Å². The zero-order valence-corrected chi connectivity index (χ0v) is 16.9. The zero-order valence-electron chi connectivity index (χ0n) is 14.5. The Hall–Kier alpha value is -2.62. The first kappa shape index (κ1) is 20.1. The highest BCUT2D eigenvalue weighted by Gasteiger charge is 2.05. The van der Waals surface area contributed by atoms with Crippen molar-refractivity contribution >= 4 is 52.0 Å². The minimum Gasteiger partial charge on any atom is -0.489 e. The summed E-state index contributed by atoms with van der Waals surface area (Å²) in [6.07, 6.45) is 1.56. The van der Waals surface area contributed by atoms with Crippen molar-refractivity contribution < 1.29 is 9.53 Å². The molecule has 0 saturated carbocycles. The first-order valence-electron chi connectivity index (χ1n) is 8.09. The smallest absolute Gasteiger partial charge is 0.250 e. The summed E-state index contributed by atoms with van der Waals surface area (Å²) in [6, 6.07) is 14.9. The fraction of sp³-hybridized carbons (Fsp3) is 0.111. The Morgan fingerprint density at radius 2 is 1.96 bits per heavy atom. The van der Waals surface area contributed by atoms with Crippen LogP contribution in [0.3, 0.4) is 0 Å². The van der Waals surface area contributed by atoms with Crippen molar-refractivity contribution in [1.29, 1.82) is 0 Å². The van der Waals surface area contributed by atoms with Gasteiger partial charge >= 0.3 is 0 Å². The van der Waals surface area contributed by atoms with Crippen molar-refractivity contribution in [2.24, 2.45) is 5.10 Å². The quantitative estimate of drug-likeness (QED) is 0.319. The second-order valence-electron chi connectivity index (χ2n) is 5.47. The summed E-state index contributed by atoms with van der Waals surface area (Å²) < 4.78 is 6.37. The molecule has 144 valence electrons. The Morgan fingerprint density at radius 1 is 1.21 bits per heavy atom. The predicted molar refractivity (Wildman–Crippen MR) is 113 cm³/mol. The monoisotopic (exact) mass is 433 g/mol. The third-order valence-electron chi connectivity index (χ3n) is 3.35. The first-order chi connectivity index (χ1) is 13.6. The molecule has 0 unspecified atom stereocenters. The Balaban J connectivity index is 1.41. The van der Waals surface area contributed by atoms with Crippen molar-refractivity contribution in [3.63, 3.8) is 0 Å². The lowest BCUT2D eigenvalue weighted by Gasteiger charge is -2.06. The average molecular weight is 434 g/mol. The van der Waals surface area contributed by atoms with Gasteiger partial charge in [0, 0.05) is 5.02 Å². The highest BCUT2D eigenvalue weighted by Crippen LogP contribution is 2.23. The lowest BCUT2D eigenvalue weighted by Crippen LogP contribution is -2.19. The molecule has 0 aliphatic heterocycles. The number of carbonyl (C=O) groups excluding carboxylic acids is 1. The van der Waals surface area contributed by atoms with E-state index in [1.165, 1.54) is 23.1 Å². The number of aromatic nitrogens is 2. The number of nitrogens with zero attached hydrogens (tertiary/aromatic N) is 3. The second kappa shape index (κ2) is 10.1. The van der Waals surface area contributed by atoms with E-state index in [0.29, 0.717) is 21.1 Å². The molecule has 0 saturated heterocycles. The number of amides is 1. The van der Waals surface area contributed by atoms with E-state index in [0.717, 1.165) is 16.9 Å². The maximum absolute atomic E-state index is 11.8. The van der Waals surface area contributed by atoms with E-state index in [4.69, 9.17) is 22.1 Å². The third-order valence-corrected chi connectivity index (χ3v) is 5.49. The molecule has 1 heterocycles. The lowest BCUT2D eigenvalue weighted by atomic mass is 10.2. The number of anilines is 1. The number of halogens is 1. The fourth-order valence-corrected chi connectivity index (χ4v) is 3.57. The lowest BCUT2D eigenvalue weighted by molar-refractivity contribution is -0.118. The first-order valence-corrected chi connectivity index (χ1v) is 10.3. The van der Waals surface area contributed by atoms with Crippen LogP contribution in [0.1, 0.15) is 11.1 Å². The maximum atomic E-state index is 11.8. The Kier molecular flexibility index (Phi) is 7.24. The molecule has 3 aromatic rings. The van der Waals surface area contributed by atoms with E-state index in [1.807, 2.05) is 48.5 Å². The molecule has 0 aliphatic rings. The minimum atomic E-state index is -0.238. The second-order valence-corrected chi connectivity index (χ2v) is 8.14. The SMILES string of the molecule is Nc1nnc(SCC(=O)NN=Cc2ccc(OCc3ccc(Cl)cc3)cc2)s1. The molecule has 1 aromatic heterocycles. The van der Waals surface area contributed by atoms with Crippen LogP contribution in [0.15, 0.2) is 58.0 Å². The number of hydrogen-bond donors (Lipinski definition) is 2. The van der Waals surface area contributed by atoms with Gasteiger partial charge in [0.05, 0.1) is 12.0 Å². The van der Waals surface area contributed by atoms with Crippen LogP contribution in [-0.2, 0) is 11.4 Å². The normalized spacial score (nSPS) is 10.9. The maximum Gasteiger partial charge on any atom is 0.250 e. The Labute approximate surface area is 175 Å². The number of nitrogens with one attached hydrogen (secondary N) is 1. The molecule has 28 heavy (non-hydrogen) atoms. The number of nitrogens with two attached hydrogens (primary N) is 1. The van der Waals surface area contributed by atoms with Gasteiger partial charge in [-0.25, -0.2) is 5.43 Å². The molecule has 0 radical (unpaired) electrons. The van der Waals surface area contributed by atoms with E-state index in [1.54, 1.807) is 6.21 Å². The van der Waals surface area contributed by atoms with Gasteiger partial charge in [0.2, 0.25) is 5.13 Å². The molecule has 0 aliphatic carbocycles. The van der Waals surface area contributed by atoms with E-state index in [2.05, 4.69) is 20.7 Å². The van der Waals surface area contributed by atoms with Gasteiger partial charge in [0.25, 0.3) is 5.91 Å². The number of hydrazone groups is 1. The van der Waals surface area contributed by atoms with E-state index < -0.39 is 0 Å². The molecule has 0 bridgehead atoms. The van der Waals surface area contributed by atoms with Gasteiger partial charge in [0.1, 0.15) is 12.4 Å². The van der Waals surface area contributed by atoms with Gasteiger partial charge in [-0.1, -0.05) is 46.8 Å². The molecule has 2 aromatic carbocycles. The largest absolute Gasteiger partial charge is 0.489 e. The van der Waals surface area contributed by atoms with Crippen LogP contribution < -0.4 is 15.9 Å². The molecule has 0 atom stereocenters. The molecule has 0 spiro atoms. The standard InChI is InChI=1S/C18H16ClN5O2S2/c19-14-5-1-13(2-6-14)10-26-15-7-3-12(4-8-15)9-21-22-16(25)11-27-18-24-23-17(20)28-18/h1-9H,10-11H2,(H2,20,23)(H,22,25). The number of hydrogen-bond acceptors (Lipinski definition) is 8. The van der Waals surface area contributed by atoms with Crippen LogP contribution in [0.4, 0.5) is 5.13 Å². The van der Waals surface area contributed by atoms with Crippen molar-refractivity contribution in [1.82, 2.24) is 15.6 Å². The molecule has 7 nitrogen and oxygen atoms in total. The van der Waals surface area contributed by atoms with Crippen molar-refractivity contribution in [3.05, 3.63) is 64.7 Å². The van der Waals surface area contributed by atoms with Crippen molar-refractivity contribution in [2.45, 2.75) is 10.9 Å². The Bertz CT molecular complexity index is 945. The number of ether oxygens (including phenoxy) is 1. The highest BCUT2D eigenvalue weighted by atomic mass is 35.5. The number of carbonyl (C=O) groups is 1. The van der Waals surface area contributed by atoms with Crippen LogP contribution in [0.25, 0.3) is 0 Å². The van der Waals surface area contributed by atoms with Gasteiger partial charge < -0.3 is 10.5 Å². The van der Waals surface area contributed by atoms with Crippen LogP contribution in [0.2, 0.25) is 5.02 Å². The van der Waals surface area contributed by atoms with Gasteiger partial charge in [-0.15, -0.1) is 10.2 Å². The van der Waals surface area contributed by atoms with Gasteiger partial charge in [-0.3, -0.25) is 4.79 Å². The molecule has 3 N–H and O–H groups in total. The minimum absolute atomic E-state index is 0.184. The summed E-state index contributed by atoms with van der Waals surface area (Å²) in [6.45, 7) is 0.457. The van der Waals surface area contributed by atoms with Crippen LogP contribution in [0, 0.1) is 0 Å². The molecule has 1 amide bonds. The summed E-state index contributed by atoms with van der Waals surface area (Å²) in [5.41, 5.74) is 9.83. The summed E-state index contributed by atoms with van der Waals surface area (Å²) in [7, 11) is 0. The van der Waals surface area contributed by atoms with Crippen LogP contribution in [-0.4, -0.2) is 28.1 Å². The summed E-state index contributed by atoms with van der Waals surface area (Å²) >= 11 is 8.36. The number of rotatable bonds is 8. The molecule has 3 rings (SSSR count). The van der Waals surface area contributed by atoms with E-state index in [9.17, 15) is 4.79 Å². The van der Waals surface area contributed by atoms with E-state index >= 15 is 0 Å². The summed E-state index contributed by atoms with van der Waals surface area (Å²) in [5, 5.41) is 12.5. The number of benzene rings is 2. The molecular weight excluding hydrogens is 418 g/mol. The van der Waals surface area contributed by atoms with Crippen LogP contribution >= 0.6 is 34.7 Å². The zero-order chi connectivity index (χ0) is 19.8. The summed E-state index contributed by atoms with van der Waals surface area (Å²) in [5.74, 6) is 0.686. The number of nitrogen functional groups attached to an aromatic ring is 1. The van der Waals surface area contributed by atoms with E-state index in [-0.39, 0.29) is 11.7 Å². The fourth-order valence-electron chi connectivity index (χ4n) is 2.01. The number of thioether (sulfide) groups is 1. The molecule has 0 fully saturated rings. The average Bonchev–Trinajstić information content (AvgIpc) is 3.12. The molecule has 10 heteroatoms. The van der Waals surface area contributed by atoms with Gasteiger partial charge in [-0.2, -0.15) is 5.10 Å². The highest BCUT2D eigenvalue weighted by molar-refractivity contribution is 8.01. The van der Waals surface area contributed by atoms with Gasteiger partial charge in [0.15, 0.2) is 4.34 Å². The Morgan fingerprint density at radius 3 is 2.64 bits per heavy atom. The topological polar surface area (TPSA) is 102 Å².